The third-order valence-electron chi connectivity index (χ3n) is 3.11. The SMILES string of the molecule is CCOP(=S)(OCC)C(N=C(C)C)C(C)c1ccccc1. The van der Waals surface area contributed by atoms with E-state index in [0.717, 1.165) is 5.71 Å². The second-order valence-electron chi connectivity index (χ2n) is 5.06. The van der Waals surface area contributed by atoms with Crippen molar-refractivity contribution < 1.29 is 9.05 Å². The second kappa shape index (κ2) is 8.79. The summed E-state index contributed by atoms with van der Waals surface area (Å²) in [5.41, 5.74) is 2.21. The van der Waals surface area contributed by atoms with Crippen molar-refractivity contribution in [2.75, 3.05) is 13.2 Å². The van der Waals surface area contributed by atoms with E-state index in [9.17, 15) is 0 Å². The summed E-state index contributed by atoms with van der Waals surface area (Å²) in [5, 5.41) is 0. The summed E-state index contributed by atoms with van der Waals surface area (Å²) in [6.07, 6.45) is 0. The largest absolute Gasteiger partial charge is 0.328 e. The normalized spacial score (nSPS) is 14.5. The molecule has 0 spiro atoms. The molecule has 0 aliphatic carbocycles. The highest BCUT2D eigenvalue weighted by Gasteiger charge is 2.35. The van der Waals surface area contributed by atoms with Crippen molar-refractivity contribution in [1.82, 2.24) is 0 Å². The van der Waals surface area contributed by atoms with Crippen LogP contribution >= 0.6 is 6.49 Å². The van der Waals surface area contributed by atoms with Crippen LogP contribution in [0.1, 0.15) is 46.1 Å². The molecule has 0 aromatic heterocycles. The average Bonchev–Trinajstić information content (AvgIpc) is 2.45. The smallest absolute Gasteiger partial charge is 0.213 e. The molecule has 2 atom stereocenters. The van der Waals surface area contributed by atoms with Crippen LogP contribution in [0.2, 0.25) is 0 Å². The molecule has 0 fully saturated rings. The number of hydrogen-bond acceptors (Lipinski definition) is 4. The first-order chi connectivity index (χ1) is 9.94. The van der Waals surface area contributed by atoms with Gasteiger partial charge in [0, 0.05) is 11.6 Å². The van der Waals surface area contributed by atoms with Gasteiger partial charge in [-0.25, -0.2) is 0 Å². The number of aliphatic imine (C=N–C) groups is 1. The van der Waals surface area contributed by atoms with Crippen LogP contribution in [-0.4, -0.2) is 24.7 Å². The molecular formula is C16H26NO2PS. The Morgan fingerprint density at radius 1 is 1.14 bits per heavy atom. The van der Waals surface area contributed by atoms with E-state index in [-0.39, 0.29) is 11.7 Å². The van der Waals surface area contributed by atoms with Gasteiger partial charge in [-0.2, -0.15) is 0 Å². The van der Waals surface area contributed by atoms with Gasteiger partial charge in [-0.15, -0.1) is 0 Å². The summed E-state index contributed by atoms with van der Waals surface area (Å²) in [6, 6.07) is 10.3. The van der Waals surface area contributed by atoms with Gasteiger partial charge in [0.1, 0.15) is 5.78 Å². The third-order valence-corrected chi connectivity index (χ3v) is 6.83. The molecule has 0 heterocycles. The van der Waals surface area contributed by atoms with Crippen molar-refractivity contribution >= 4 is 24.0 Å². The van der Waals surface area contributed by atoms with E-state index in [2.05, 4.69) is 19.1 Å². The maximum atomic E-state index is 5.87. The highest BCUT2D eigenvalue weighted by Crippen LogP contribution is 2.58. The molecule has 0 saturated carbocycles. The Balaban J connectivity index is 3.21. The lowest BCUT2D eigenvalue weighted by Crippen LogP contribution is -2.19. The van der Waals surface area contributed by atoms with E-state index in [4.69, 9.17) is 25.8 Å². The summed E-state index contributed by atoms with van der Waals surface area (Å²) in [6.45, 7) is 8.66. The number of nitrogens with zero attached hydrogens (tertiary/aromatic N) is 1. The molecule has 5 heteroatoms. The van der Waals surface area contributed by atoms with Gasteiger partial charge in [-0.1, -0.05) is 37.3 Å². The lowest BCUT2D eigenvalue weighted by molar-refractivity contribution is 0.256. The fraction of sp³-hybridized carbons (Fsp3) is 0.562. The van der Waals surface area contributed by atoms with Crippen LogP contribution in [0.15, 0.2) is 35.3 Å². The quantitative estimate of drug-likeness (QED) is 0.498. The minimum Gasteiger partial charge on any atom is -0.328 e. The molecule has 1 aromatic rings. The second-order valence-corrected chi connectivity index (χ2v) is 8.72. The predicted octanol–water partition coefficient (Wildman–Crippen LogP) is 4.98. The van der Waals surface area contributed by atoms with Crippen LogP contribution < -0.4 is 0 Å². The van der Waals surface area contributed by atoms with Crippen molar-refractivity contribution in [2.45, 2.75) is 46.3 Å². The molecule has 21 heavy (non-hydrogen) atoms. The summed E-state index contributed by atoms with van der Waals surface area (Å²) >= 11 is 5.78. The molecule has 3 nitrogen and oxygen atoms in total. The van der Waals surface area contributed by atoms with Gasteiger partial charge in [0.05, 0.1) is 13.2 Å². The molecule has 1 aromatic carbocycles. The number of hydrogen-bond donors (Lipinski definition) is 0. The Kier molecular flexibility index (Phi) is 7.75. The third kappa shape index (κ3) is 5.30. The highest BCUT2D eigenvalue weighted by molar-refractivity contribution is 8.10. The maximum Gasteiger partial charge on any atom is 0.213 e. The Bertz CT molecular complexity index is 490. The van der Waals surface area contributed by atoms with Crippen LogP contribution in [0.25, 0.3) is 0 Å². The van der Waals surface area contributed by atoms with E-state index < -0.39 is 6.49 Å². The van der Waals surface area contributed by atoms with E-state index >= 15 is 0 Å². The van der Waals surface area contributed by atoms with Crippen LogP contribution in [0.5, 0.6) is 0 Å². The van der Waals surface area contributed by atoms with Gasteiger partial charge in [-0.3, -0.25) is 4.99 Å². The fourth-order valence-corrected chi connectivity index (χ4v) is 5.71. The Labute approximate surface area is 133 Å². The average molecular weight is 327 g/mol. The molecule has 1 rings (SSSR count). The first kappa shape index (κ1) is 18.5. The Morgan fingerprint density at radius 3 is 2.10 bits per heavy atom. The molecule has 0 aliphatic heterocycles. The van der Waals surface area contributed by atoms with E-state index in [1.165, 1.54) is 5.56 Å². The van der Waals surface area contributed by atoms with E-state index in [1.807, 2.05) is 45.9 Å². The Morgan fingerprint density at radius 2 is 1.67 bits per heavy atom. The fourth-order valence-electron chi connectivity index (χ4n) is 2.20. The summed E-state index contributed by atoms with van der Waals surface area (Å²) in [7, 11) is 0. The predicted molar refractivity (Wildman–Crippen MR) is 95.0 cm³/mol. The number of benzene rings is 1. The van der Waals surface area contributed by atoms with E-state index in [0.29, 0.717) is 13.2 Å². The van der Waals surface area contributed by atoms with Gasteiger partial charge in [0.2, 0.25) is 6.49 Å². The van der Waals surface area contributed by atoms with Gasteiger partial charge in [-0.05, 0) is 45.1 Å². The zero-order valence-electron chi connectivity index (χ0n) is 13.6. The summed E-state index contributed by atoms with van der Waals surface area (Å²) < 4.78 is 11.7. The topological polar surface area (TPSA) is 30.8 Å². The lowest BCUT2D eigenvalue weighted by atomic mass is 10.0. The Hall–Kier alpha value is -0.540. The van der Waals surface area contributed by atoms with Crippen LogP contribution in [-0.2, 0) is 20.9 Å². The molecule has 0 N–H and O–H groups in total. The highest BCUT2D eigenvalue weighted by atomic mass is 32.5. The van der Waals surface area contributed by atoms with Crippen molar-refractivity contribution in [3.8, 4) is 0 Å². The molecule has 2 unspecified atom stereocenters. The minimum atomic E-state index is -2.46. The monoisotopic (exact) mass is 327 g/mol. The molecule has 0 radical (unpaired) electrons. The molecule has 0 saturated heterocycles. The lowest BCUT2D eigenvalue weighted by Gasteiger charge is -2.32. The molecule has 0 aliphatic rings. The zero-order valence-corrected chi connectivity index (χ0v) is 15.3. The number of rotatable bonds is 8. The van der Waals surface area contributed by atoms with Crippen LogP contribution in [0, 0.1) is 0 Å². The summed E-state index contributed by atoms with van der Waals surface area (Å²) in [4.78, 5) is 4.77. The van der Waals surface area contributed by atoms with Crippen LogP contribution in [0.4, 0.5) is 0 Å². The van der Waals surface area contributed by atoms with Crippen LogP contribution in [0.3, 0.4) is 0 Å². The van der Waals surface area contributed by atoms with E-state index in [1.54, 1.807) is 0 Å². The molecule has 0 amide bonds. The maximum absolute atomic E-state index is 5.87. The van der Waals surface area contributed by atoms with Gasteiger partial charge in [0.25, 0.3) is 0 Å². The van der Waals surface area contributed by atoms with Crippen molar-refractivity contribution in [3.63, 3.8) is 0 Å². The van der Waals surface area contributed by atoms with Crippen molar-refractivity contribution in [3.05, 3.63) is 35.9 Å². The van der Waals surface area contributed by atoms with Crippen molar-refractivity contribution in [2.24, 2.45) is 4.99 Å². The van der Waals surface area contributed by atoms with Gasteiger partial charge in [0.15, 0.2) is 0 Å². The first-order valence-electron chi connectivity index (χ1n) is 7.39. The summed E-state index contributed by atoms with van der Waals surface area (Å²) in [5.74, 6) is 0.00448. The molecule has 0 bridgehead atoms. The standard InChI is InChI=1S/C16H26NO2PS/c1-6-18-20(21,19-7-2)16(17-13(3)4)14(5)15-11-9-8-10-12-15/h8-12,14,16H,6-7H2,1-5H3. The first-order valence-corrected chi connectivity index (χ1v) is 10.1. The molecule has 118 valence electrons. The minimum absolute atomic E-state index is 0.153. The van der Waals surface area contributed by atoms with Gasteiger partial charge < -0.3 is 9.05 Å². The molecular weight excluding hydrogens is 301 g/mol. The van der Waals surface area contributed by atoms with Gasteiger partial charge >= 0.3 is 0 Å². The zero-order chi connectivity index (χ0) is 15.9. The van der Waals surface area contributed by atoms with Crippen molar-refractivity contribution in [1.29, 1.82) is 0 Å².